The van der Waals surface area contributed by atoms with E-state index in [0.29, 0.717) is 46.3 Å². The number of allylic oxidation sites excluding steroid dienone is 1. The Balaban J connectivity index is 1.24. The summed E-state index contributed by atoms with van der Waals surface area (Å²) in [6.07, 6.45) is 8.33. The largest absolute Gasteiger partial charge is 0.327 e. The van der Waals surface area contributed by atoms with E-state index in [2.05, 4.69) is 36.0 Å². The minimum Gasteiger partial charge on any atom is -0.327 e. The SMILES string of the molecule is CC(=O)c1nn(CC(=O)N2[C@H]3C[C@]4(C[C@@H]24)CN(C)S(=O)(=O)CC/C=C\c2ccc(Br)nc2CC3=O)c2ccc(-c3cnc(C)nc3)cc12. The first-order valence-electron chi connectivity index (χ1n) is 15.8. The van der Waals surface area contributed by atoms with Gasteiger partial charge in [-0.1, -0.05) is 24.3 Å². The fraction of sp³-hybridized carbons (Fsp3) is 0.382. The lowest BCUT2D eigenvalue weighted by Crippen LogP contribution is -2.45. The fourth-order valence-corrected chi connectivity index (χ4v) is 8.71. The van der Waals surface area contributed by atoms with Gasteiger partial charge in [0.15, 0.2) is 11.6 Å². The molecule has 12 nitrogen and oxygen atoms in total. The van der Waals surface area contributed by atoms with Crippen molar-refractivity contribution in [1.82, 2.24) is 33.9 Å². The Kier molecular flexibility index (Phi) is 8.15. The van der Waals surface area contributed by atoms with Gasteiger partial charge in [0, 0.05) is 55.3 Å². The molecule has 1 spiro atoms. The first-order valence-corrected chi connectivity index (χ1v) is 18.2. The summed E-state index contributed by atoms with van der Waals surface area (Å²) >= 11 is 3.41. The number of sulfonamides is 1. The Morgan fingerprint density at radius 1 is 1.08 bits per heavy atom. The number of carbonyl (C=O) groups excluding carboxylic acids is 3. The van der Waals surface area contributed by atoms with Gasteiger partial charge in [-0.05, 0) is 71.4 Å². The van der Waals surface area contributed by atoms with E-state index in [1.807, 2.05) is 24.3 Å². The van der Waals surface area contributed by atoms with Crippen LogP contribution in [0.5, 0.6) is 0 Å². The first-order chi connectivity index (χ1) is 22.8. The van der Waals surface area contributed by atoms with E-state index >= 15 is 0 Å². The van der Waals surface area contributed by atoms with Gasteiger partial charge in [0.05, 0.1) is 29.4 Å². The molecule has 1 saturated heterocycles. The monoisotopic (exact) mass is 731 g/mol. The molecule has 3 aromatic heterocycles. The van der Waals surface area contributed by atoms with Crippen molar-refractivity contribution in [2.45, 2.75) is 58.2 Å². The van der Waals surface area contributed by atoms with Crippen molar-refractivity contribution in [3.63, 3.8) is 0 Å². The summed E-state index contributed by atoms with van der Waals surface area (Å²) in [5.41, 5.74) is 3.19. The molecule has 14 heteroatoms. The summed E-state index contributed by atoms with van der Waals surface area (Å²) in [7, 11) is -2.00. The number of aromatic nitrogens is 5. The highest BCUT2D eigenvalue weighted by molar-refractivity contribution is 9.10. The van der Waals surface area contributed by atoms with Crippen molar-refractivity contribution in [3.8, 4) is 11.1 Å². The zero-order chi connectivity index (χ0) is 34.0. The third-order valence-corrected chi connectivity index (χ3v) is 12.0. The molecular formula is C34H34BrN7O5S. The number of Topliss-reactive ketones (excluding diaryl/α,β-unsaturated/α-hetero) is 2. The van der Waals surface area contributed by atoms with Crippen molar-refractivity contribution in [1.29, 1.82) is 0 Å². The van der Waals surface area contributed by atoms with Crippen LogP contribution in [0.1, 0.15) is 53.8 Å². The first kappa shape index (κ1) is 32.4. The van der Waals surface area contributed by atoms with Crippen molar-refractivity contribution < 1.29 is 22.8 Å². The lowest BCUT2D eigenvalue weighted by molar-refractivity contribution is -0.139. The highest BCUT2D eigenvalue weighted by Crippen LogP contribution is 2.60. The number of benzene rings is 1. The average Bonchev–Trinajstić information content (AvgIpc) is 3.44. The highest BCUT2D eigenvalue weighted by atomic mass is 79.9. The number of likely N-dealkylation sites (tertiary alicyclic amines) is 1. The molecule has 1 aromatic carbocycles. The van der Waals surface area contributed by atoms with Crippen molar-refractivity contribution in [3.05, 3.63) is 76.2 Å². The van der Waals surface area contributed by atoms with Gasteiger partial charge in [-0.25, -0.2) is 27.7 Å². The second kappa shape index (κ2) is 12.1. The zero-order valence-electron chi connectivity index (χ0n) is 26.8. The number of amides is 1. The van der Waals surface area contributed by atoms with E-state index in [4.69, 9.17) is 0 Å². The van der Waals surface area contributed by atoms with Gasteiger partial charge in [-0.2, -0.15) is 5.10 Å². The molecule has 2 fully saturated rings. The van der Waals surface area contributed by atoms with E-state index in [-0.39, 0.29) is 54.5 Å². The molecule has 4 aromatic rings. The molecule has 0 N–H and O–H groups in total. The van der Waals surface area contributed by atoms with Crippen LogP contribution in [-0.4, -0.2) is 91.3 Å². The van der Waals surface area contributed by atoms with E-state index in [1.165, 1.54) is 15.9 Å². The Morgan fingerprint density at radius 2 is 1.85 bits per heavy atom. The molecule has 0 radical (unpaired) electrons. The maximum Gasteiger partial charge on any atom is 0.245 e. The van der Waals surface area contributed by atoms with Crippen LogP contribution in [0.2, 0.25) is 0 Å². The topological polar surface area (TPSA) is 148 Å². The second-order valence-electron chi connectivity index (χ2n) is 13.0. The van der Waals surface area contributed by atoms with Gasteiger partial charge in [0.25, 0.3) is 0 Å². The van der Waals surface area contributed by atoms with Crippen molar-refractivity contribution >= 4 is 60.4 Å². The number of pyridine rings is 1. The molecule has 2 aliphatic heterocycles. The smallest absolute Gasteiger partial charge is 0.245 e. The third-order valence-electron chi connectivity index (χ3n) is 9.73. The standard InChI is InChI=1S/C34H34BrN7O5S/c1-20(43)33-25-12-23(24-16-36-21(2)37-17-24)7-9-27(25)41(39-33)18-32(45)42-28-14-34(15-30(34)42)19-40(3)48(46,47)11-5-4-6-22-8-10-31(35)38-26(22)13-29(28)44/h4,6-10,12,16-17,28,30H,5,11,13-15,18-19H2,1-3H3/b6-4-/t28-,30+,34-/m0/s1. The molecule has 48 heavy (non-hydrogen) atoms. The fourth-order valence-electron chi connectivity index (χ4n) is 7.17. The summed E-state index contributed by atoms with van der Waals surface area (Å²) < 4.78 is 29.9. The molecule has 1 amide bonds. The Morgan fingerprint density at radius 3 is 2.60 bits per heavy atom. The van der Waals surface area contributed by atoms with Crippen LogP contribution in [-0.2, 0) is 32.6 Å². The van der Waals surface area contributed by atoms with Gasteiger partial charge in [-0.3, -0.25) is 19.1 Å². The average molecular weight is 733 g/mol. The number of rotatable bonds is 4. The summed E-state index contributed by atoms with van der Waals surface area (Å²) in [5, 5.41) is 5.17. The lowest BCUT2D eigenvalue weighted by Gasteiger charge is -2.27. The Labute approximate surface area is 286 Å². The second-order valence-corrected chi connectivity index (χ2v) is 16.0. The third kappa shape index (κ3) is 5.90. The quantitative estimate of drug-likeness (QED) is 0.224. The predicted octanol–water partition coefficient (Wildman–Crippen LogP) is 4.01. The maximum absolute atomic E-state index is 14.3. The lowest BCUT2D eigenvalue weighted by atomic mass is 9.94. The molecule has 3 aliphatic rings. The summed E-state index contributed by atoms with van der Waals surface area (Å²) in [6.45, 7) is 3.27. The number of carbonyl (C=O) groups is 3. The van der Waals surface area contributed by atoms with Gasteiger partial charge in [0.1, 0.15) is 22.7 Å². The van der Waals surface area contributed by atoms with Crippen LogP contribution < -0.4 is 0 Å². The number of piperidine rings is 1. The Hall–Kier alpha value is -4.14. The normalized spacial score (nSPS) is 24.5. The summed E-state index contributed by atoms with van der Waals surface area (Å²) in [6, 6.07) is 8.11. The van der Waals surface area contributed by atoms with E-state index in [9.17, 15) is 22.8 Å². The molecule has 0 unspecified atom stereocenters. The van der Waals surface area contributed by atoms with Gasteiger partial charge in [0.2, 0.25) is 15.9 Å². The van der Waals surface area contributed by atoms with E-state index < -0.39 is 21.5 Å². The molecule has 7 rings (SSSR count). The number of ketones is 2. The minimum atomic E-state index is -3.57. The van der Waals surface area contributed by atoms with Gasteiger partial charge in [-0.15, -0.1) is 0 Å². The van der Waals surface area contributed by atoms with Crippen LogP contribution in [0.3, 0.4) is 0 Å². The summed E-state index contributed by atoms with van der Waals surface area (Å²) in [5.74, 6) is -0.116. The number of hydrogen-bond acceptors (Lipinski definition) is 9. The van der Waals surface area contributed by atoms with E-state index in [1.54, 1.807) is 49.5 Å². The molecule has 2 bridgehead atoms. The van der Waals surface area contributed by atoms with Crippen molar-refractivity contribution in [2.75, 3.05) is 19.3 Å². The van der Waals surface area contributed by atoms with Crippen LogP contribution in [0.4, 0.5) is 0 Å². The van der Waals surface area contributed by atoms with Crippen LogP contribution in [0.15, 0.2) is 53.4 Å². The zero-order valence-corrected chi connectivity index (χ0v) is 29.2. The molecule has 3 atom stereocenters. The molecule has 1 aliphatic carbocycles. The number of fused-ring (bicyclic) bond motifs is 3. The van der Waals surface area contributed by atoms with Gasteiger partial charge >= 0.3 is 0 Å². The van der Waals surface area contributed by atoms with Gasteiger partial charge < -0.3 is 4.90 Å². The minimum absolute atomic E-state index is 0.0230. The molecule has 248 valence electrons. The van der Waals surface area contributed by atoms with E-state index in [0.717, 1.165) is 16.7 Å². The number of aryl methyl sites for hydroxylation is 1. The van der Waals surface area contributed by atoms with Crippen LogP contribution >= 0.6 is 15.9 Å². The predicted molar refractivity (Wildman–Crippen MR) is 182 cm³/mol. The van der Waals surface area contributed by atoms with Crippen LogP contribution in [0, 0.1) is 12.3 Å². The summed E-state index contributed by atoms with van der Waals surface area (Å²) in [4.78, 5) is 55.8. The van der Waals surface area contributed by atoms with Crippen molar-refractivity contribution in [2.24, 2.45) is 5.41 Å². The number of nitrogens with zero attached hydrogens (tertiary/aromatic N) is 7. The van der Waals surface area contributed by atoms with Crippen LogP contribution in [0.25, 0.3) is 28.1 Å². The molecule has 5 heterocycles. The Bertz CT molecular complexity index is 2130. The number of halogens is 1. The highest BCUT2D eigenvalue weighted by Gasteiger charge is 2.67. The maximum atomic E-state index is 14.3. The molecular weight excluding hydrogens is 698 g/mol. The molecule has 1 saturated carbocycles. The number of hydrogen-bond donors (Lipinski definition) is 0.